The van der Waals surface area contributed by atoms with Gasteiger partial charge in [-0.25, -0.2) is 0 Å². The van der Waals surface area contributed by atoms with Gasteiger partial charge in [0.1, 0.15) is 0 Å². The normalized spacial score (nSPS) is 28.9. The van der Waals surface area contributed by atoms with Crippen molar-refractivity contribution in [3.63, 3.8) is 0 Å². The Morgan fingerprint density at radius 1 is 1.44 bits per heavy atom. The summed E-state index contributed by atoms with van der Waals surface area (Å²) < 4.78 is 0. The first kappa shape index (κ1) is 10.0. The molecule has 0 aromatic carbocycles. The Balaban J connectivity index is 1.81. The monoisotopic (exact) mass is 239 g/mol. The minimum Gasteiger partial charge on any atom is -0.357 e. The molecule has 0 aliphatic carbocycles. The third-order valence-electron chi connectivity index (χ3n) is 3.56. The summed E-state index contributed by atoms with van der Waals surface area (Å²) in [5, 5.41) is 11.9. The zero-order valence-corrected chi connectivity index (χ0v) is 9.81. The smallest absolute Gasteiger partial charge is 0.326 e. The molecule has 5 nitrogen and oxygen atoms in total. The number of nitrogens with zero attached hydrogens (tertiary/aromatic N) is 3. The second-order valence-corrected chi connectivity index (χ2v) is 5.54. The Morgan fingerprint density at radius 3 is 2.75 bits per heavy atom. The topological polar surface area (TPSA) is 49.6 Å². The van der Waals surface area contributed by atoms with E-state index in [1.807, 2.05) is 6.07 Å². The lowest BCUT2D eigenvalue weighted by Crippen LogP contribution is -2.44. The fourth-order valence-electron chi connectivity index (χ4n) is 2.71. The Kier molecular flexibility index (Phi) is 2.15. The molecule has 0 N–H and O–H groups in total. The van der Waals surface area contributed by atoms with Gasteiger partial charge in [-0.15, -0.1) is 0 Å². The van der Waals surface area contributed by atoms with Gasteiger partial charge in [-0.2, -0.15) is 0 Å². The molecule has 0 spiro atoms. The van der Waals surface area contributed by atoms with Crippen molar-refractivity contribution in [2.45, 2.75) is 18.5 Å². The van der Waals surface area contributed by atoms with Crippen LogP contribution in [0.2, 0.25) is 0 Å². The van der Waals surface area contributed by atoms with E-state index < -0.39 is 0 Å². The van der Waals surface area contributed by atoms with E-state index in [9.17, 15) is 10.1 Å². The maximum Gasteiger partial charge on any atom is 0.326 e. The number of piperazine rings is 1. The maximum absolute atomic E-state index is 10.6. The molecule has 6 heteroatoms. The summed E-state index contributed by atoms with van der Waals surface area (Å²) in [6.07, 6.45) is 1.20. The van der Waals surface area contributed by atoms with Crippen LogP contribution in [0.4, 0.5) is 10.0 Å². The second kappa shape index (κ2) is 3.43. The van der Waals surface area contributed by atoms with Gasteiger partial charge in [0.25, 0.3) is 0 Å². The summed E-state index contributed by atoms with van der Waals surface area (Å²) in [6.45, 7) is 2.09. The number of fused-ring (bicyclic) bond motifs is 2. The average Bonchev–Trinajstić information content (AvgIpc) is 2.88. The molecular formula is C10H13N3O2S. The predicted molar refractivity (Wildman–Crippen MR) is 63.1 cm³/mol. The molecule has 3 heterocycles. The Bertz CT molecular complexity index is 431. The lowest BCUT2D eigenvalue weighted by molar-refractivity contribution is -0.380. The molecule has 16 heavy (non-hydrogen) atoms. The number of likely N-dealkylation sites (tertiary alicyclic amines) is 1. The summed E-state index contributed by atoms with van der Waals surface area (Å²) in [5.41, 5.74) is 0. The van der Waals surface area contributed by atoms with Crippen LogP contribution in [0.1, 0.15) is 6.42 Å². The van der Waals surface area contributed by atoms with Gasteiger partial charge in [-0.3, -0.25) is 15.0 Å². The number of anilines is 1. The van der Waals surface area contributed by atoms with E-state index in [1.54, 1.807) is 6.07 Å². The first-order valence-corrected chi connectivity index (χ1v) is 6.18. The maximum atomic E-state index is 10.6. The number of rotatable bonds is 2. The van der Waals surface area contributed by atoms with Crippen molar-refractivity contribution in [3.8, 4) is 0 Å². The standard InChI is InChI=1S/C10H13N3O2S/c1-11-5-8-4-7(11)6-12(8)9-2-3-10(16-9)13(14)15/h2-3,7-8H,4-6H2,1H3/t7-,8?/m0/s1. The predicted octanol–water partition coefficient (Wildman–Crippen LogP) is 1.55. The zero-order valence-electron chi connectivity index (χ0n) is 9.00. The van der Waals surface area contributed by atoms with Gasteiger partial charge in [0.2, 0.25) is 0 Å². The van der Waals surface area contributed by atoms with Gasteiger partial charge in [0, 0.05) is 31.2 Å². The highest BCUT2D eigenvalue weighted by Crippen LogP contribution is 2.39. The molecule has 0 saturated carbocycles. The Hall–Kier alpha value is -1.14. The summed E-state index contributed by atoms with van der Waals surface area (Å²) >= 11 is 1.29. The van der Waals surface area contributed by atoms with Gasteiger partial charge < -0.3 is 4.90 Å². The first-order chi connectivity index (χ1) is 7.65. The molecule has 0 radical (unpaired) electrons. The molecule has 2 saturated heterocycles. The highest BCUT2D eigenvalue weighted by atomic mass is 32.1. The van der Waals surface area contributed by atoms with Crippen molar-refractivity contribution < 1.29 is 4.92 Å². The van der Waals surface area contributed by atoms with E-state index >= 15 is 0 Å². The largest absolute Gasteiger partial charge is 0.357 e. The number of hydrogen-bond donors (Lipinski definition) is 0. The van der Waals surface area contributed by atoms with Crippen LogP contribution in [0.3, 0.4) is 0 Å². The molecule has 0 amide bonds. The summed E-state index contributed by atoms with van der Waals surface area (Å²) in [6, 6.07) is 4.67. The van der Waals surface area contributed by atoms with Crippen molar-refractivity contribution >= 4 is 21.3 Å². The molecule has 1 aromatic heterocycles. The van der Waals surface area contributed by atoms with Crippen molar-refractivity contribution in [3.05, 3.63) is 22.2 Å². The minimum absolute atomic E-state index is 0.242. The highest BCUT2D eigenvalue weighted by Gasteiger charge is 2.42. The summed E-state index contributed by atoms with van der Waals surface area (Å²) in [7, 11) is 2.15. The van der Waals surface area contributed by atoms with Crippen molar-refractivity contribution in [2.24, 2.45) is 0 Å². The molecule has 2 atom stereocenters. The molecule has 2 aliphatic heterocycles. The Labute approximate surface area is 97.4 Å². The second-order valence-electron chi connectivity index (χ2n) is 4.50. The molecule has 1 aromatic rings. The van der Waals surface area contributed by atoms with Crippen LogP contribution in [-0.4, -0.2) is 42.0 Å². The molecule has 3 rings (SSSR count). The highest BCUT2D eigenvalue weighted by molar-refractivity contribution is 7.19. The Morgan fingerprint density at radius 2 is 2.25 bits per heavy atom. The first-order valence-electron chi connectivity index (χ1n) is 5.36. The molecule has 1 unspecified atom stereocenters. The van der Waals surface area contributed by atoms with Crippen LogP contribution in [-0.2, 0) is 0 Å². The van der Waals surface area contributed by atoms with E-state index in [2.05, 4.69) is 16.8 Å². The lowest BCUT2D eigenvalue weighted by Gasteiger charge is -2.32. The van der Waals surface area contributed by atoms with Crippen molar-refractivity contribution in [1.82, 2.24) is 4.90 Å². The van der Waals surface area contributed by atoms with Gasteiger partial charge in [-0.05, 0) is 30.9 Å². The van der Waals surface area contributed by atoms with E-state index in [1.165, 1.54) is 17.8 Å². The van der Waals surface area contributed by atoms with Crippen molar-refractivity contribution in [1.29, 1.82) is 0 Å². The van der Waals surface area contributed by atoms with Crippen LogP contribution in [0, 0.1) is 10.1 Å². The molecular weight excluding hydrogens is 226 g/mol. The van der Waals surface area contributed by atoms with E-state index in [0.717, 1.165) is 18.1 Å². The SMILES string of the molecule is CN1CC2C[C@H]1CN2c1ccc([N+](=O)[O-])s1. The molecule has 86 valence electrons. The minimum atomic E-state index is -0.311. The lowest BCUT2D eigenvalue weighted by atomic mass is 10.2. The number of nitro groups is 1. The summed E-state index contributed by atoms with van der Waals surface area (Å²) in [4.78, 5) is 15.0. The molecule has 2 bridgehead atoms. The van der Waals surface area contributed by atoms with Gasteiger partial charge in [0.05, 0.1) is 9.92 Å². The van der Waals surface area contributed by atoms with Crippen LogP contribution < -0.4 is 4.90 Å². The van der Waals surface area contributed by atoms with Crippen LogP contribution in [0.5, 0.6) is 0 Å². The number of thiophene rings is 1. The van der Waals surface area contributed by atoms with Gasteiger partial charge >= 0.3 is 5.00 Å². The fourth-order valence-corrected chi connectivity index (χ4v) is 3.61. The van der Waals surface area contributed by atoms with Crippen LogP contribution in [0.25, 0.3) is 0 Å². The molecule has 2 aliphatic rings. The van der Waals surface area contributed by atoms with Gasteiger partial charge in [0.15, 0.2) is 0 Å². The molecule has 2 fully saturated rings. The van der Waals surface area contributed by atoms with E-state index in [0.29, 0.717) is 12.1 Å². The quantitative estimate of drug-likeness (QED) is 0.580. The zero-order chi connectivity index (χ0) is 11.3. The van der Waals surface area contributed by atoms with Gasteiger partial charge in [-0.1, -0.05) is 0 Å². The third-order valence-corrected chi connectivity index (χ3v) is 4.63. The van der Waals surface area contributed by atoms with Crippen molar-refractivity contribution in [2.75, 3.05) is 25.0 Å². The van der Waals surface area contributed by atoms with Crippen LogP contribution in [0.15, 0.2) is 12.1 Å². The summed E-state index contributed by atoms with van der Waals surface area (Å²) in [5.74, 6) is 0. The number of likely N-dealkylation sites (N-methyl/N-ethyl adjacent to an activating group) is 1. The average molecular weight is 239 g/mol. The van der Waals surface area contributed by atoms with Crippen LogP contribution >= 0.6 is 11.3 Å². The number of hydrogen-bond acceptors (Lipinski definition) is 5. The van der Waals surface area contributed by atoms with E-state index in [-0.39, 0.29) is 9.92 Å². The fraction of sp³-hybridized carbons (Fsp3) is 0.600. The third kappa shape index (κ3) is 1.41. The van der Waals surface area contributed by atoms with E-state index in [4.69, 9.17) is 0 Å².